The van der Waals surface area contributed by atoms with E-state index in [0.717, 1.165) is 19.4 Å². The van der Waals surface area contributed by atoms with Crippen LogP contribution < -0.4 is 0 Å². The Kier molecular flexibility index (Phi) is 4.88. The molecule has 30 heavy (non-hydrogen) atoms. The van der Waals surface area contributed by atoms with Crippen molar-refractivity contribution in [3.63, 3.8) is 0 Å². The monoisotopic (exact) mass is 406 g/mol. The zero-order valence-electron chi connectivity index (χ0n) is 17.8. The van der Waals surface area contributed by atoms with Crippen molar-refractivity contribution in [2.24, 2.45) is 24.8 Å². The third-order valence-electron chi connectivity index (χ3n) is 7.38. The first-order valence-electron chi connectivity index (χ1n) is 11.2. The highest BCUT2D eigenvalue weighted by Gasteiger charge is 2.51. The third kappa shape index (κ3) is 3.22. The zero-order chi connectivity index (χ0) is 20.8. The number of nitrogens with zero attached hydrogens (tertiary/aromatic N) is 4. The number of aromatic nitrogens is 2. The Bertz CT molecular complexity index is 962. The fraction of sp³-hybridized carbons (Fsp3) is 0.542. The van der Waals surface area contributed by atoms with Crippen molar-refractivity contribution < 1.29 is 9.59 Å². The van der Waals surface area contributed by atoms with E-state index in [2.05, 4.69) is 41.2 Å². The lowest BCUT2D eigenvalue weighted by Gasteiger charge is -2.32. The van der Waals surface area contributed by atoms with Crippen LogP contribution in [0.3, 0.4) is 0 Å². The lowest BCUT2D eigenvalue weighted by Crippen LogP contribution is -2.40. The van der Waals surface area contributed by atoms with Crippen LogP contribution in [0.25, 0.3) is 0 Å². The van der Waals surface area contributed by atoms with E-state index < -0.39 is 0 Å². The Labute approximate surface area is 177 Å². The van der Waals surface area contributed by atoms with Crippen molar-refractivity contribution >= 4 is 11.8 Å². The van der Waals surface area contributed by atoms with Crippen LogP contribution in [-0.2, 0) is 11.8 Å². The zero-order valence-corrected chi connectivity index (χ0v) is 17.8. The highest BCUT2D eigenvalue weighted by molar-refractivity contribution is 5.92. The summed E-state index contributed by atoms with van der Waals surface area (Å²) in [7, 11) is 1.83. The minimum atomic E-state index is 0.00204. The first-order chi connectivity index (χ1) is 14.5. The first-order valence-corrected chi connectivity index (χ1v) is 11.2. The van der Waals surface area contributed by atoms with Crippen LogP contribution in [0.5, 0.6) is 0 Å². The number of rotatable bonds is 3. The number of carbonyl (C=O) groups is 2. The fourth-order valence-corrected chi connectivity index (χ4v) is 5.85. The highest BCUT2D eigenvalue weighted by Crippen LogP contribution is 2.47. The van der Waals surface area contributed by atoms with Crippen LogP contribution in [0, 0.1) is 24.7 Å². The Balaban J connectivity index is 1.43. The molecular weight excluding hydrogens is 376 g/mol. The molecule has 6 heteroatoms. The van der Waals surface area contributed by atoms with E-state index in [1.807, 2.05) is 18.1 Å². The predicted molar refractivity (Wildman–Crippen MR) is 114 cm³/mol. The molecule has 0 bridgehead atoms. The second-order valence-corrected chi connectivity index (χ2v) is 9.28. The van der Waals surface area contributed by atoms with Crippen molar-refractivity contribution in [3.05, 3.63) is 53.3 Å². The Morgan fingerprint density at radius 3 is 2.50 bits per heavy atom. The summed E-state index contributed by atoms with van der Waals surface area (Å²) in [6, 6.07) is 10.3. The van der Waals surface area contributed by atoms with Gasteiger partial charge in [-0.3, -0.25) is 14.3 Å². The van der Waals surface area contributed by atoms with Crippen molar-refractivity contribution in [3.8, 4) is 0 Å². The second-order valence-electron chi connectivity index (χ2n) is 9.28. The van der Waals surface area contributed by atoms with Crippen molar-refractivity contribution in [1.82, 2.24) is 19.6 Å². The third-order valence-corrected chi connectivity index (χ3v) is 7.38. The lowest BCUT2D eigenvalue weighted by atomic mass is 9.87. The number of amides is 2. The smallest absolute Gasteiger partial charge is 0.274 e. The number of hydrogen-bond acceptors (Lipinski definition) is 3. The van der Waals surface area contributed by atoms with Gasteiger partial charge in [0.25, 0.3) is 5.91 Å². The Morgan fingerprint density at radius 2 is 1.80 bits per heavy atom. The molecule has 6 nitrogen and oxygen atoms in total. The van der Waals surface area contributed by atoms with Gasteiger partial charge in [-0.25, -0.2) is 0 Å². The maximum atomic E-state index is 13.4. The molecule has 1 aliphatic carbocycles. The van der Waals surface area contributed by atoms with E-state index in [-0.39, 0.29) is 23.8 Å². The van der Waals surface area contributed by atoms with E-state index in [1.54, 1.807) is 10.7 Å². The summed E-state index contributed by atoms with van der Waals surface area (Å²) in [6.07, 6.45) is 6.18. The van der Waals surface area contributed by atoms with Gasteiger partial charge in [-0.1, -0.05) is 37.1 Å². The molecule has 2 amide bonds. The normalized spacial score (nSPS) is 26.4. The molecule has 3 atom stereocenters. The van der Waals surface area contributed by atoms with Gasteiger partial charge in [0, 0.05) is 50.6 Å². The Hall–Kier alpha value is -2.63. The number of hydrogen-bond donors (Lipinski definition) is 0. The van der Waals surface area contributed by atoms with Crippen molar-refractivity contribution in [2.45, 2.75) is 38.6 Å². The molecule has 1 saturated carbocycles. The van der Waals surface area contributed by atoms with Crippen molar-refractivity contribution in [2.75, 3.05) is 19.6 Å². The summed E-state index contributed by atoms with van der Waals surface area (Å²) < 4.78 is 1.67. The average Bonchev–Trinajstić information content (AvgIpc) is 3.51. The van der Waals surface area contributed by atoms with E-state index in [0.29, 0.717) is 30.6 Å². The van der Waals surface area contributed by atoms with Gasteiger partial charge in [0.05, 0.1) is 6.04 Å². The van der Waals surface area contributed by atoms with Crippen LogP contribution in [0.15, 0.2) is 36.5 Å². The van der Waals surface area contributed by atoms with Crippen LogP contribution >= 0.6 is 0 Å². The minimum absolute atomic E-state index is 0.00204. The largest absolute Gasteiger partial charge is 0.337 e. The summed E-state index contributed by atoms with van der Waals surface area (Å²) in [5.74, 6) is 1.12. The quantitative estimate of drug-likeness (QED) is 0.787. The van der Waals surface area contributed by atoms with Crippen LogP contribution in [0.2, 0.25) is 0 Å². The summed E-state index contributed by atoms with van der Waals surface area (Å²) in [6.45, 7) is 4.28. The topological polar surface area (TPSA) is 58.4 Å². The van der Waals surface area contributed by atoms with E-state index in [4.69, 9.17) is 0 Å². The summed E-state index contributed by atoms with van der Waals surface area (Å²) in [5, 5.41) is 4.30. The SMILES string of the molecule is Cc1ccccc1[C@@H]1[C@H]2CN(C(=O)c3ccn(C)n3)C[C@H]2CN1C(=O)C1CCCC1. The second kappa shape index (κ2) is 7.56. The molecule has 0 spiro atoms. The predicted octanol–water partition coefficient (Wildman–Crippen LogP) is 3.19. The average molecular weight is 407 g/mol. The highest BCUT2D eigenvalue weighted by atomic mass is 16.2. The summed E-state index contributed by atoms with van der Waals surface area (Å²) in [4.78, 5) is 30.5. The van der Waals surface area contributed by atoms with Crippen LogP contribution in [0.1, 0.15) is 53.3 Å². The number of carbonyl (C=O) groups excluding carboxylic acids is 2. The molecule has 2 aromatic rings. The number of aryl methyl sites for hydroxylation is 2. The first kappa shape index (κ1) is 19.3. The van der Waals surface area contributed by atoms with Gasteiger partial charge in [-0.15, -0.1) is 0 Å². The maximum Gasteiger partial charge on any atom is 0.274 e. The molecule has 2 saturated heterocycles. The van der Waals surface area contributed by atoms with Crippen molar-refractivity contribution in [1.29, 1.82) is 0 Å². The van der Waals surface area contributed by atoms with Gasteiger partial charge >= 0.3 is 0 Å². The van der Waals surface area contributed by atoms with Gasteiger partial charge in [0.1, 0.15) is 5.69 Å². The molecule has 0 N–H and O–H groups in total. The summed E-state index contributed by atoms with van der Waals surface area (Å²) in [5.41, 5.74) is 2.97. The van der Waals surface area contributed by atoms with Gasteiger partial charge in [0.15, 0.2) is 0 Å². The lowest BCUT2D eigenvalue weighted by molar-refractivity contribution is -0.136. The van der Waals surface area contributed by atoms with Crippen LogP contribution in [0.4, 0.5) is 0 Å². The number of likely N-dealkylation sites (tertiary alicyclic amines) is 2. The molecule has 0 unspecified atom stereocenters. The van der Waals surface area contributed by atoms with E-state index >= 15 is 0 Å². The molecule has 1 aromatic heterocycles. The molecule has 3 aliphatic rings. The van der Waals surface area contributed by atoms with Crippen LogP contribution in [-0.4, -0.2) is 51.0 Å². The molecule has 3 heterocycles. The summed E-state index contributed by atoms with van der Waals surface area (Å²) >= 11 is 0. The molecule has 1 aromatic carbocycles. The maximum absolute atomic E-state index is 13.4. The minimum Gasteiger partial charge on any atom is -0.337 e. The molecular formula is C24H30N4O2. The molecule has 2 aliphatic heterocycles. The molecule has 158 valence electrons. The molecule has 3 fully saturated rings. The van der Waals surface area contributed by atoms with Gasteiger partial charge in [-0.2, -0.15) is 5.10 Å². The number of benzene rings is 1. The van der Waals surface area contributed by atoms with Gasteiger partial charge in [-0.05, 0) is 37.0 Å². The fourth-order valence-electron chi connectivity index (χ4n) is 5.85. The standard InChI is InChI=1S/C24H30N4O2/c1-16-7-3-6-10-19(16)22-20-15-27(24(30)21-11-12-26(2)25-21)13-18(20)14-28(22)23(29)17-8-4-5-9-17/h3,6-7,10-12,17-18,20,22H,4-5,8-9,13-15H2,1-2H3/t18-,20-,22+/m0/s1. The van der Waals surface area contributed by atoms with Gasteiger partial charge < -0.3 is 9.80 Å². The van der Waals surface area contributed by atoms with E-state index in [9.17, 15) is 9.59 Å². The number of fused-ring (bicyclic) bond motifs is 1. The Morgan fingerprint density at radius 1 is 1.03 bits per heavy atom. The molecule has 5 rings (SSSR count). The van der Waals surface area contributed by atoms with Gasteiger partial charge in [0.2, 0.25) is 5.91 Å². The van der Waals surface area contributed by atoms with E-state index in [1.165, 1.54) is 24.0 Å². The molecule has 0 radical (unpaired) electrons.